The lowest BCUT2D eigenvalue weighted by molar-refractivity contribution is 0.289. The van der Waals surface area contributed by atoms with Gasteiger partial charge >= 0.3 is 0 Å². The van der Waals surface area contributed by atoms with Gasteiger partial charge in [0.25, 0.3) is 0 Å². The van der Waals surface area contributed by atoms with Gasteiger partial charge in [-0.1, -0.05) is 6.92 Å². The fourth-order valence-electron chi connectivity index (χ4n) is 1.68. The van der Waals surface area contributed by atoms with Crippen LogP contribution in [0.3, 0.4) is 0 Å². The fraction of sp³-hybridized carbons (Fsp3) is 1.00. The Hall–Kier alpha value is -0.0800. The van der Waals surface area contributed by atoms with Crippen molar-refractivity contribution >= 4 is 0 Å². The predicted molar refractivity (Wildman–Crippen MR) is 43.9 cm³/mol. The Labute approximate surface area is 63.2 Å². The number of nitrogens with two attached hydrogens (primary N) is 1. The summed E-state index contributed by atoms with van der Waals surface area (Å²) in [6.07, 6.45) is 3.85. The van der Waals surface area contributed by atoms with E-state index in [4.69, 9.17) is 5.73 Å². The fourth-order valence-corrected chi connectivity index (χ4v) is 1.68. The summed E-state index contributed by atoms with van der Waals surface area (Å²) >= 11 is 0. The van der Waals surface area contributed by atoms with Crippen LogP contribution in [-0.4, -0.2) is 19.1 Å². The minimum Gasteiger partial charge on any atom is -0.330 e. The van der Waals surface area contributed by atoms with Crippen LogP contribution in [0, 0.1) is 5.92 Å². The molecule has 0 aliphatic carbocycles. The van der Waals surface area contributed by atoms with E-state index in [9.17, 15) is 0 Å². The largest absolute Gasteiger partial charge is 0.330 e. The van der Waals surface area contributed by atoms with Crippen molar-refractivity contribution in [1.82, 2.24) is 5.32 Å². The Bertz CT molecular complexity index is 91.3. The molecule has 0 aromatic carbocycles. The number of nitrogens with one attached hydrogen (secondary N) is 1. The van der Waals surface area contributed by atoms with Gasteiger partial charge in [-0.05, 0) is 38.3 Å². The summed E-state index contributed by atoms with van der Waals surface area (Å²) in [4.78, 5) is 0. The van der Waals surface area contributed by atoms with Crippen molar-refractivity contribution in [1.29, 1.82) is 0 Å². The highest BCUT2D eigenvalue weighted by molar-refractivity contribution is 4.78. The second kappa shape index (κ2) is 3.94. The van der Waals surface area contributed by atoms with E-state index in [1.54, 1.807) is 0 Å². The maximum atomic E-state index is 5.48. The van der Waals surface area contributed by atoms with Crippen molar-refractivity contribution in [3.63, 3.8) is 0 Å². The first kappa shape index (κ1) is 8.02. The number of rotatable bonds is 2. The van der Waals surface area contributed by atoms with E-state index < -0.39 is 0 Å². The maximum absolute atomic E-state index is 5.48. The molecule has 2 unspecified atom stereocenters. The summed E-state index contributed by atoms with van der Waals surface area (Å²) in [5.74, 6) is 0.831. The van der Waals surface area contributed by atoms with Crippen LogP contribution in [0.4, 0.5) is 0 Å². The first-order valence-corrected chi connectivity index (χ1v) is 4.28. The van der Waals surface area contributed by atoms with Crippen LogP contribution >= 0.6 is 0 Å². The molecule has 0 amide bonds. The SMILES string of the molecule is CC1CCCNC1CCN. The minimum atomic E-state index is 0.693. The van der Waals surface area contributed by atoms with Crippen LogP contribution in [0.25, 0.3) is 0 Å². The lowest BCUT2D eigenvalue weighted by Gasteiger charge is -2.29. The molecule has 2 heteroatoms. The van der Waals surface area contributed by atoms with Crippen LogP contribution in [0.2, 0.25) is 0 Å². The summed E-state index contributed by atoms with van der Waals surface area (Å²) in [7, 11) is 0. The average molecular weight is 142 g/mol. The zero-order valence-corrected chi connectivity index (χ0v) is 6.77. The zero-order chi connectivity index (χ0) is 7.40. The van der Waals surface area contributed by atoms with Crippen molar-refractivity contribution in [3.8, 4) is 0 Å². The van der Waals surface area contributed by atoms with E-state index >= 15 is 0 Å². The van der Waals surface area contributed by atoms with Gasteiger partial charge in [-0.3, -0.25) is 0 Å². The van der Waals surface area contributed by atoms with Gasteiger partial charge < -0.3 is 11.1 Å². The van der Waals surface area contributed by atoms with Gasteiger partial charge in [-0.2, -0.15) is 0 Å². The first-order chi connectivity index (χ1) is 4.84. The molecule has 0 aromatic rings. The van der Waals surface area contributed by atoms with Crippen LogP contribution < -0.4 is 11.1 Å². The van der Waals surface area contributed by atoms with E-state index in [-0.39, 0.29) is 0 Å². The maximum Gasteiger partial charge on any atom is 0.0105 e. The van der Waals surface area contributed by atoms with Crippen molar-refractivity contribution in [2.75, 3.05) is 13.1 Å². The Balaban J connectivity index is 2.25. The molecule has 1 rings (SSSR count). The molecule has 0 bridgehead atoms. The molecule has 0 saturated carbocycles. The molecule has 1 saturated heterocycles. The number of piperidine rings is 1. The van der Waals surface area contributed by atoms with E-state index in [2.05, 4.69) is 12.2 Å². The highest BCUT2D eigenvalue weighted by Gasteiger charge is 2.18. The molecule has 0 aromatic heterocycles. The van der Waals surface area contributed by atoms with Crippen LogP contribution in [0.1, 0.15) is 26.2 Å². The molecule has 1 fully saturated rings. The Morgan fingerprint density at radius 3 is 3.00 bits per heavy atom. The van der Waals surface area contributed by atoms with E-state index in [1.807, 2.05) is 0 Å². The lowest BCUT2D eigenvalue weighted by atomic mass is 9.91. The summed E-state index contributed by atoms with van der Waals surface area (Å²) in [5, 5.41) is 3.49. The first-order valence-electron chi connectivity index (χ1n) is 4.28. The molecule has 2 atom stereocenters. The quantitative estimate of drug-likeness (QED) is 0.596. The molecular formula is C8H18N2. The molecule has 1 aliphatic rings. The van der Waals surface area contributed by atoms with Gasteiger partial charge in [0.05, 0.1) is 0 Å². The zero-order valence-electron chi connectivity index (χ0n) is 6.77. The highest BCUT2D eigenvalue weighted by Crippen LogP contribution is 2.16. The third-order valence-electron chi connectivity index (χ3n) is 2.41. The third-order valence-corrected chi connectivity index (χ3v) is 2.41. The topological polar surface area (TPSA) is 38.0 Å². The van der Waals surface area contributed by atoms with Gasteiger partial charge in [0.1, 0.15) is 0 Å². The second-order valence-corrected chi connectivity index (χ2v) is 3.26. The molecule has 2 nitrogen and oxygen atoms in total. The van der Waals surface area contributed by atoms with E-state index in [0.717, 1.165) is 18.9 Å². The predicted octanol–water partition coefficient (Wildman–Crippen LogP) is 0.723. The summed E-state index contributed by atoms with van der Waals surface area (Å²) in [6.45, 7) is 4.32. The van der Waals surface area contributed by atoms with Gasteiger partial charge in [0.2, 0.25) is 0 Å². The molecule has 3 N–H and O–H groups in total. The minimum absolute atomic E-state index is 0.693. The van der Waals surface area contributed by atoms with Crippen molar-refractivity contribution in [2.45, 2.75) is 32.2 Å². The molecule has 0 spiro atoms. The monoisotopic (exact) mass is 142 g/mol. The summed E-state index contributed by atoms with van der Waals surface area (Å²) in [6, 6.07) is 0.693. The molecular weight excluding hydrogens is 124 g/mol. The molecule has 1 heterocycles. The Morgan fingerprint density at radius 1 is 1.60 bits per heavy atom. The van der Waals surface area contributed by atoms with Crippen molar-refractivity contribution in [3.05, 3.63) is 0 Å². The van der Waals surface area contributed by atoms with Crippen molar-refractivity contribution in [2.24, 2.45) is 11.7 Å². The standard InChI is InChI=1S/C8H18N2/c1-7-3-2-6-10-8(7)4-5-9/h7-8,10H,2-6,9H2,1H3. The van der Waals surface area contributed by atoms with Gasteiger partial charge in [-0.25, -0.2) is 0 Å². The third kappa shape index (κ3) is 1.96. The van der Waals surface area contributed by atoms with E-state index in [1.165, 1.54) is 19.4 Å². The molecule has 0 radical (unpaired) electrons. The summed E-state index contributed by atoms with van der Waals surface area (Å²) in [5.41, 5.74) is 5.48. The van der Waals surface area contributed by atoms with Gasteiger partial charge in [-0.15, -0.1) is 0 Å². The second-order valence-electron chi connectivity index (χ2n) is 3.26. The molecule has 10 heavy (non-hydrogen) atoms. The van der Waals surface area contributed by atoms with Crippen molar-refractivity contribution < 1.29 is 0 Å². The lowest BCUT2D eigenvalue weighted by Crippen LogP contribution is -2.41. The number of hydrogen-bond acceptors (Lipinski definition) is 2. The molecule has 60 valence electrons. The Kier molecular flexibility index (Phi) is 3.16. The smallest absolute Gasteiger partial charge is 0.0105 e. The summed E-state index contributed by atoms with van der Waals surface area (Å²) < 4.78 is 0. The van der Waals surface area contributed by atoms with Crippen LogP contribution in [0.15, 0.2) is 0 Å². The number of hydrogen-bond donors (Lipinski definition) is 2. The van der Waals surface area contributed by atoms with Gasteiger partial charge in [0.15, 0.2) is 0 Å². The normalized spacial score (nSPS) is 34.2. The average Bonchev–Trinajstić information content (AvgIpc) is 1.94. The van der Waals surface area contributed by atoms with Crippen LogP contribution in [-0.2, 0) is 0 Å². The highest BCUT2D eigenvalue weighted by atomic mass is 14.9. The van der Waals surface area contributed by atoms with E-state index in [0.29, 0.717) is 6.04 Å². The Morgan fingerprint density at radius 2 is 2.40 bits per heavy atom. The molecule has 1 aliphatic heterocycles. The van der Waals surface area contributed by atoms with Crippen LogP contribution in [0.5, 0.6) is 0 Å². The van der Waals surface area contributed by atoms with Gasteiger partial charge in [0, 0.05) is 6.04 Å².